The average Bonchev–Trinajstić information content (AvgIpc) is 2.66. The lowest BCUT2D eigenvalue weighted by Crippen LogP contribution is -2.41. The predicted molar refractivity (Wildman–Crippen MR) is 91.0 cm³/mol. The Hall–Kier alpha value is -1.21. The zero-order chi connectivity index (χ0) is 16.8. The van der Waals surface area contributed by atoms with E-state index >= 15 is 0 Å². The molecule has 1 aliphatic heterocycles. The van der Waals surface area contributed by atoms with Crippen LogP contribution in [0.3, 0.4) is 0 Å². The van der Waals surface area contributed by atoms with Crippen molar-refractivity contribution in [2.75, 3.05) is 7.11 Å². The molecular formula is C16H20BClN2O3. The third-order valence-electron chi connectivity index (χ3n) is 4.49. The van der Waals surface area contributed by atoms with Crippen LogP contribution >= 0.6 is 11.6 Å². The van der Waals surface area contributed by atoms with Crippen molar-refractivity contribution in [2.45, 2.75) is 45.5 Å². The molecule has 122 valence electrons. The Morgan fingerprint density at radius 1 is 1.17 bits per heavy atom. The maximum absolute atomic E-state index is 6.26. The zero-order valence-corrected chi connectivity index (χ0v) is 14.8. The fourth-order valence-corrected chi connectivity index (χ4v) is 2.74. The SMILES string of the molecule is COCc1cnc2c(B3OC(C)(C)C(C)(C)O3)cc(Cl)cc2n1. The molecule has 0 amide bonds. The molecule has 2 heterocycles. The van der Waals surface area contributed by atoms with Gasteiger partial charge in [0.15, 0.2) is 0 Å². The van der Waals surface area contributed by atoms with Crippen LogP contribution in [-0.4, -0.2) is 35.4 Å². The molecule has 2 aromatic rings. The summed E-state index contributed by atoms with van der Waals surface area (Å²) in [4.78, 5) is 9.07. The van der Waals surface area contributed by atoms with Crippen molar-refractivity contribution < 1.29 is 14.0 Å². The standard InChI is InChI=1S/C16H20BClN2O3/c1-15(2)16(3,4)23-17(22-15)12-6-10(18)7-13-14(12)19-8-11(20-13)9-21-5/h6-8H,9H2,1-5H3. The van der Waals surface area contributed by atoms with E-state index in [0.29, 0.717) is 17.1 Å². The number of halogens is 1. The van der Waals surface area contributed by atoms with E-state index in [-0.39, 0.29) is 0 Å². The second-order valence-corrected chi connectivity index (χ2v) is 7.18. The van der Waals surface area contributed by atoms with Crippen LogP contribution in [0, 0.1) is 0 Å². The molecule has 0 unspecified atom stereocenters. The van der Waals surface area contributed by atoms with Gasteiger partial charge in [-0.15, -0.1) is 0 Å². The molecule has 0 atom stereocenters. The van der Waals surface area contributed by atoms with Gasteiger partial charge in [0.25, 0.3) is 0 Å². The topological polar surface area (TPSA) is 53.5 Å². The molecule has 0 radical (unpaired) electrons. The molecule has 1 saturated heterocycles. The van der Waals surface area contributed by atoms with Crippen LogP contribution in [0.4, 0.5) is 0 Å². The molecule has 3 rings (SSSR count). The molecule has 0 spiro atoms. The zero-order valence-electron chi connectivity index (χ0n) is 14.0. The number of benzene rings is 1. The molecule has 0 bridgehead atoms. The monoisotopic (exact) mass is 334 g/mol. The Labute approximate surface area is 141 Å². The van der Waals surface area contributed by atoms with Crippen LogP contribution in [0.25, 0.3) is 11.0 Å². The highest BCUT2D eigenvalue weighted by Gasteiger charge is 2.52. The lowest BCUT2D eigenvalue weighted by Gasteiger charge is -2.32. The van der Waals surface area contributed by atoms with Gasteiger partial charge < -0.3 is 14.0 Å². The molecule has 1 aliphatic rings. The van der Waals surface area contributed by atoms with E-state index in [2.05, 4.69) is 9.97 Å². The Kier molecular flexibility index (Phi) is 4.13. The number of nitrogens with zero attached hydrogens (tertiary/aromatic N) is 2. The Morgan fingerprint density at radius 2 is 1.83 bits per heavy atom. The first kappa shape index (κ1) is 16.6. The van der Waals surface area contributed by atoms with Crippen molar-refractivity contribution in [3.05, 3.63) is 29.0 Å². The summed E-state index contributed by atoms with van der Waals surface area (Å²) in [5.74, 6) is 0. The van der Waals surface area contributed by atoms with E-state index in [1.807, 2.05) is 33.8 Å². The number of aromatic nitrogens is 2. The van der Waals surface area contributed by atoms with E-state index in [1.54, 1.807) is 19.4 Å². The maximum Gasteiger partial charge on any atom is 0.497 e. The van der Waals surface area contributed by atoms with Gasteiger partial charge in [0.2, 0.25) is 0 Å². The second kappa shape index (κ2) is 5.70. The van der Waals surface area contributed by atoms with Crippen molar-refractivity contribution in [1.29, 1.82) is 0 Å². The number of ether oxygens (including phenoxy) is 1. The number of hydrogen-bond acceptors (Lipinski definition) is 5. The first-order chi connectivity index (χ1) is 10.7. The van der Waals surface area contributed by atoms with Gasteiger partial charge in [0, 0.05) is 17.6 Å². The minimum absolute atomic E-state index is 0.404. The van der Waals surface area contributed by atoms with Crippen molar-refractivity contribution in [1.82, 2.24) is 9.97 Å². The maximum atomic E-state index is 6.26. The van der Waals surface area contributed by atoms with Crippen molar-refractivity contribution in [2.24, 2.45) is 0 Å². The quantitative estimate of drug-likeness (QED) is 0.808. The molecule has 1 aromatic heterocycles. The van der Waals surface area contributed by atoms with E-state index < -0.39 is 18.3 Å². The lowest BCUT2D eigenvalue weighted by molar-refractivity contribution is 0.00578. The van der Waals surface area contributed by atoms with Gasteiger partial charge >= 0.3 is 7.12 Å². The number of rotatable bonds is 3. The van der Waals surface area contributed by atoms with Crippen molar-refractivity contribution in [3.63, 3.8) is 0 Å². The fraction of sp³-hybridized carbons (Fsp3) is 0.500. The summed E-state index contributed by atoms with van der Waals surface area (Å²) >= 11 is 6.26. The largest absolute Gasteiger partial charge is 0.497 e. The fourth-order valence-electron chi connectivity index (χ4n) is 2.52. The van der Waals surface area contributed by atoms with E-state index in [1.165, 1.54) is 0 Å². The van der Waals surface area contributed by atoms with Gasteiger partial charge in [-0.05, 0) is 39.8 Å². The van der Waals surface area contributed by atoms with Gasteiger partial charge in [-0.25, -0.2) is 4.98 Å². The summed E-state index contributed by atoms with van der Waals surface area (Å²) in [6.45, 7) is 8.47. The average molecular weight is 335 g/mol. The normalized spacial score (nSPS) is 19.5. The minimum Gasteiger partial charge on any atom is -0.399 e. The second-order valence-electron chi connectivity index (χ2n) is 6.75. The van der Waals surface area contributed by atoms with Crippen LogP contribution in [0.2, 0.25) is 5.02 Å². The minimum atomic E-state index is -0.524. The summed E-state index contributed by atoms with van der Waals surface area (Å²) in [5, 5.41) is 0.575. The van der Waals surface area contributed by atoms with Gasteiger partial charge in [-0.2, -0.15) is 0 Å². The van der Waals surface area contributed by atoms with Crippen molar-refractivity contribution in [3.8, 4) is 0 Å². The smallest absolute Gasteiger partial charge is 0.399 e. The van der Waals surface area contributed by atoms with E-state index in [0.717, 1.165) is 16.7 Å². The number of methoxy groups -OCH3 is 1. The molecule has 5 nitrogen and oxygen atoms in total. The van der Waals surface area contributed by atoms with Crippen LogP contribution in [0.15, 0.2) is 18.3 Å². The summed E-state index contributed by atoms with van der Waals surface area (Å²) in [6, 6.07) is 3.62. The van der Waals surface area contributed by atoms with Crippen LogP contribution in [0.1, 0.15) is 33.4 Å². The highest BCUT2D eigenvalue weighted by atomic mass is 35.5. The molecule has 0 aliphatic carbocycles. The molecule has 23 heavy (non-hydrogen) atoms. The predicted octanol–water partition coefficient (Wildman–Crippen LogP) is 2.73. The molecule has 7 heteroatoms. The molecular weight excluding hydrogens is 314 g/mol. The first-order valence-corrected chi connectivity index (χ1v) is 7.91. The van der Waals surface area contributed by atoms with Crippen LogP contribution in [-0.2, 0) is 20.7 Å². The molecule has 0 N–H and O–H groups in total. The summed E-state index contributed by atoms with van der Waals surface area (Å²) in [7, 11) is 1.10. The van der Waals surface area contributed by atoms with Crippen molar-refractivity contribution >= 4 is 35.2 Å². The van der Waals surface area contributed by atoms with E-state index in [9.17, 15) is 0 Å². The lowest BCUT2D eigenvalue weighted by atomic mass is 9.78. The molecule has 0 saturated carbocycles. The van der Waals surface area contributed by atoms with E-state index in [4.69, 9.17) is 25.6 Å². The summed E-state index contributed by atoms with van der Waals surface area (Å²) in [5.41, 5.74) is 2.14. The Bertz CT molecular complexity index is 735. The van der Waals surface area contributed by atoms with Gasteiger partial charge in [-0.3, -0.25) is 4.98 Å². The highest BCUT2D eigenvalue weighted by Crippen LogP contribution is 2.37. The van der Waals surface area contributed by atoms with Gasteiger partial charge in [-0.1, -0.05) is 11.6 Å². The van der Waals surface area contributed by atoms with Crippen LogP contribution in [0.5, 0.6) is 0 Å². The number of fused-ring (bicyclic) bond motifs is 1. The third-order valence-corrected chi connectivity index (χ3v) is 4.71. The van der Waals surface area contributed by atoms with Gasteiger partial charge in [0.1, 0.15) is 0 Å². The number of hydrogen-bond donors (Lipinski definition) is 0. The Morgan fingerprint density at radius 3 is 2.43 bits per heavy atom. The third kappa shape index (κ3) is 2.96. The Balaban J connectivity index is 2.08. The highest BCUT2D eigenvalue weighted by molar-refractivity contribution is 6.65. The first-order valence-electron chi connectivity index (χ1n) is 7.53. The molecule has 1 aromatic carbocycles. The molecule has 1 fully saturated rings. The summed E-state index contributed by atoms with van der Waals surface area (Å²) < 4.78 is 17.3. The van der Waals surface area contributed by atoms with Gasteiger partial charge in [0.05, 0.1) is 40.7 Å². The van der Waals surface area contributed by atoms with Crippen LogP contribution < -0.4 is 5.46 Å². The summed E-state index contributed by atoms with van der Waals surface area (Å²) in [6.07, 6.45) is 1.70.